The van der Waals surface area contributed by atoms with Crippen LogP contribution in [0.25, 0.3) is 10.9 Å². The van der Waals surface area contributed by atoms with E-state index in [4.69, 9.17) is 0 Å². The molecule has 0 unspecified atom stereocenters. The van der Waals surface area contributed by atoms with Crippen LogP contribution in [0.4, 0.5) is 5.69 Å². The number of piperidine rings is 1. The van der Waals surface area contributed by atoms with Gasteiger partial charge in [0, 0.05) is 22.8 Å². The summed E-state index contributed by atoms with van der Waals surface area (Å²) < 4.78 is 1.89. The molecule has 7 heteroatoms. The molecule has 0 atom stereocenters. The molecule has 1 fully saturated rings. The minimum atomic E-state index is -0.220. The number of carbonyl (C=O) groups is 1. The first-order chi connectivity index (χ1) is 11.7. The highest BCUT2D eigenvalue weighted by atomic mass is 16.2. The highest BCUT2D eigenvalue weighted by Crippen LogP contribution is 2.22. The maximum atomic E-state index is 12.6. The number of amides is 1. The van der Waals surface area contributed by atoms with Crippen molar-refractivity contribution in [2.75, 3.05) is 18.4 Å². The van der Waals surface area contributed by atoms with Crippen molar-refractivity contribution in [2.45, 2.75) is 25.8 Å². The molecule has 7 nitrogen and oxygen atoms in total. The third-order valence-electron chi connectivity index (χ3n) is 4.61. The third-order valence-corrected chi connectivity index (χ3v) is 4.61. The molecule has 0 bridgehead atoms. The Balaban J connectivity index is 1.54. The summed E-state index contributed by atoms with van der Waals surface area (Å²) in [5, 5.41) is 15.6. The van der Waals surface area contributed by atoms with Crippen molar-refractivity contribution in [2.24, 2.45) is 0 Å². The minimum Gasteiger partial charge on any atom is -0.361 e. The monoisotopic (exact) mass is 324 g/mol. The Morgan fingerprint density at radius 2 is 2.12 bits per heavy atom. The number of hydrogen-bond acceptors (Lipinski definition) is 4. The average molecular weight is 324 g/mol. The van der Waals surface area contributed by atoms with E-state index < -0.39 is 0 Å². The molecule has 3 heterocycles. The van der Waals surface area contributed by atoms with Gasteiger partial charge in [-0.1, -0.05) is 5.21 Å². The number of fused-ring (bicyclic) bond motifs is 1. The molecule has 1 aliphatic rings. The molecular weight excluding hydrogens is 304 g/mol. The summed E-state index contributed by atoms with van der Waals surface area (Å²) in [7, 11) is 0. The van der Waals surface area contributed by atoms with Crippen LogP contribution in [-0.4, -0.2) is 39.0 Å². The van der Waals surface area contributed by atoms with Gasteiger partial charge in [-0.05, 0) is 57.1 Å². The van der Waals surface area contributed by atoms with Crippen molar-refractivity contribution >= 4 is 22.5 Å². The van der Waals surface area contributed by atoms with E-state index in [0.717, 1.165) is 48.2 Å². The lowest BCUT2D eigenvalue weighted by molar-refractivity contribution is 0.102. The van der Waals surface area contributed by atoms with E-state index in [1.807, 2.05) is 42.1 Å². The van der Waals surface area contributed by atoms with Crippen LogP contribution >= 0.6 is 0 Å². The fourth-order valence-corrected chi connectivity index (χ4v) is 3.27. The molecule has 3 aromatic rings. The molecule has 1 amide bonds. The quantitative estimate of drug-likeness (QED) is 0.689. The van der Waals surface area contributed by atoms with Gasteiger partial charge in [0.25, 0.3) is 5.91 Å². The summed E-state index contributed by atoms with van der Waals surface area (Å²) in [5.74, 6) is -0.220. The van der Waals surface area contributed by atoms with Crippen LogP contribution in [0.1, 0.15) is 35.1 Å². The van der Waals surface area contributed by atoms with E-state index in [0.29, 0.717) is 11.7 Å². The van der Waals surface area contributed by atoms with Gasteiger partial charge < -0.3 is 15.6 Å². The number of nitrogens with one attached hydrogen (secondary N) is 3. The SMILES string of the molecule is Cc1c(C(=O)Nc2ccc3[nH]ccc3c2)nnn1C1CCNCC1. The van der Waals surface area contributed by atoms with Crippen molar-refractivity contribution in [3.8, 4) is 0 Å². The summed E-state index contributed by atoms with van der Waals surface area (Å²) in [6.45, 7) is 3.86. The van der Waals surface area contributed by atoms with E-state index in [1.165, 1.54) is 0 Å². The van der Waals surface area contributed by atoms with Crippen molar-refractivity contribution in [3.63, 3.8) is 0 Å². The van der Waals surface area contributed by atoms with Crippen molar-refractivity contribution in [3.05, 3.63) is 41.9 Å². The van der Waals surface area contributed by atoms with Gasteiger partial charge in [0.2, 0.25) is 0 Å². The zero-order valence-electron chi connectivity index (χ0n) is 13.5. The molecular formula is C17H20N6O. The summed E-state index contributed by atoms with van der Waals surface area (Å²) in [5.41, 5.74) is 3.01. The Morgan fingerprint density at radius 3 is 2.96 bits per heavy atom. The Hall–Kier alpha value is -2.67. The Kier molecular flexibility index (Phi) is 3.78. The molecule has 2 aromatic heterocycles. The number of rotatable bonds is 3. The number of nitrogens with zero attached hydrogens (tertiary/aromatic N) is 3. The number of hydrogen-bond donors (Lipinski definition) is 3. The first-order valence-corrected chi connectivity index (χ1v) is 8.23. The molecule has 0 saturated carbocycles. The van der Waals surface area contributed by atoms with E-state index in [1.54, 1.807) is 0 Å². The normalized spacial score (nSPS) is 15.7. The van der Waals surface area contributed by atoms with Crippen LogP contribution in [0, 0.1) is 6.92 Å². The number of carbonyl (C=O) groups excluding carboxylic acids is 1. The zero-order chi connectivity index (χ0) is 16.5. The molecule has 0 spiro atoms. The van der Waals surface area contributed by atoms with Crippen LogP contribution in [0.5, 0.6) is 0 Å². The third kappa shape index (κ3) is 2.67. The predicted octanol–water partition coefficient (Wildman–Crippen LogP) is 2.24. The Bertz CT molecular complexity index is 874. The van der Waals surface area contributed by atoms with Crippen molar-refractivity contribution < 1.29 is 4.79 Å². The van der Waals surface area contributed by atoms with Gasteiger partial charge in [-0.3, -0.25) is 4.79 Å². The second kappa shape index (κ2) is 6.09. The number of aromatic nitrogens is 4. The maximum absolute atomic E-state index is 12.6. The molecule has 1 saturated heterocycles. The van der Waals surface area contributed by atoms with Crippen LogP contribution < -0.4 is 10.6 Å². The smallest absolute Gasteiger partial charge is 0.278 e. The first kappa shape index (κ1) is 14.9. The highest BCUT2D eigenvalue weighted by Gasteiger charge is 2.22. The largest absolute Gasteiger partial charge is 0.361 e. The molecule has 0 radical (unpaired) electrons. The molecule has 1 aromatic carbocycles. The lowest BCUT2D eigenvalue weighted by Crippen LogP contribution is -2.30. The average Bonchev–Trinajstić information content (AvgIpc) is 3.21. The molecule has 0 aliphatic carbocycles. The lowest BCUT2D eigenvalue weighted by Gasteiger charge is -2.23. The van der Waals surface area contributed by atoms with Gasteiger partial charge in [0.05, 0.1) is 11.7 Å². The maximum Gasteiger partial charge on any atom is 0.278 e. The van der Waals surface area contributed by atoms with E-state index in [2.05, 4.69) is 25.9 Å². The van der Waals surface area contributed by atoms with Crippen LogP contribution in [-0.2, 0) is 0 Å². The van der Waals surface area contributed by atoms with Gasteiger partial charge in [-0.15, -0.1) is 5.10 Å². The standard InChI is InChI=1S/C17H20N6O/c1-11-16(21-22-23(11)14-5-7-18-8-6-14)17(24)20-13-2-3-15-12(10-13)4-9-19-15/h2-4,9-10,14,18-19H,5-8H2,1H3,(H,20,24). The Morgan fingerprint density at radius 1 is 1.29 bits per heavy atom. The number of benzene rings is 1. The second-order valence-corrected chi connectivity index (χ2v) is 6.18. The van der Waals surface area contributed by atoms with E-state index in [-0.39, 0.29) is 5.91 Å². The number of aromatic amines is 1. The van der Waals surface area contributed by atoms with Crippen LogP contribution in [0.2, 0.25) is 0 Å². The zero-order valence-corrected chi connectivity index (χ0v) is 13.5. The van der Waals surface area contributed by atoms with Gasteiger partial charge in [-0.25, -0.2) is 4.68 Å². The highest BCUT2D eigenvalue weighted by molar-refractivity contribution is 6.04. The Labute approximate surface area is 139 Å². The fraction of sp³-hybridized carbons (Fsp3) is 0.353. The number of H-pyrrole nitrogens is 1. The van der Waals surface area contributed by atoms with E-state index in [9.17, 15) is 4.79 Å². The van der Waals surface area contributed by atoms with Gasteiger partial charge in [0.15, 0.2) is 5.69 Å². The van der Waals surface area contributed by atoms with Crippen molar-refractivity contribution in [1.29, 1.82) is 0 Å². The number of anilines is 1. The fourth-order valence-electron chi connectivity index (χ4n) is 3.27. The summed E-state index contributed by atoms with van der Waals surface area (Å²) >= 11 is 0. The molecule has 124 valence electrons. The van der Waals surface area contributed by atoms with Crippen LogP contribution in [0.3, 0.4) is 0 Å². The molecule has 4 rings (SSSR count). The lowest BCUT2D eigenvalue weighted by atomic mass is 10.1. The van der Waals surface area contributed by atoms with Crippen LogP contribution in [0.15, 0.2) is 30.5 Å². The van der Waals surface area contributed by atoms with Gasteiger partial charge in [0.1, 0.15) is 0 Å². The topological polar surface area (TPSA) is 87.6 Å². The summed E-state index contributed by atoms with van der Waals surface area (Å²) in [6, 6.07) is 8.06. The minimum absolute atomic E-state index is 0.220. The van der Waals surface area contributed by atoms with Gasteiger partial charge >= 0.3 is 0 Å². The molecule has 24 heavy (non-hydrogen) atoms. The molecule has 1 aliphatic heterocycles. The molecule has 3 N–H and O–H groups in total. The first-order valence-electron chi connectivity index (χ1n) is 8.23. The second-order valence-electron chi connectivity index (χ2n) is 6.18. The summed E-state index contributed by atoms with van der Waals surface area (Å²) in [4.78, 5) is 15.7. The van der Waals surface area contributed by atoms with Gasteiger partial charge in [-0.2, -0.15) is 0 Å². The predicted molar refractivity (Wildman–Crippen MR) is 92.2 cm³/mol. The summed E-state index contributed by atoms with van der Waals surface area (Å²) in [6.07, 6.45) is 3.90. The van der Waals surface area contributed by atoms with Crippen molar-refractivity contribution in [1.82, 2.24) is 25.3 Å². The van der Waals surface area contributed by atoms with E-state index >= 15 is 0 Å².